The second-order valence-electron chi connectivity index (χ2n) is 5.21. The quantitative estimate of drug-likeness (QED) is 0.803. The van der Waals surface area contributed by atoms with Crippen LogP contribution in [0.25, 0.3) is 0 Å². The van der Waals surface area contributed by atoms with Gasteiger partial charge in [0, 0.05) is 24.5 Å². The Kier molecular flexibility index (Phi) is 5.74. The first-order chi connectivity index (χ1) is 10.1. The first-order valence-corrected chi connectivity index (χ1v) is 8.64. The van der Waals surface area contributed by atoms with E-state index in [4.69, 9.17) is 5.11 Å². The minimum absolute atomic E-state index is 0.110. The third-order valence-electron chi connectivity index (χ3n) is 3.65. The first-order valence-electron chi connectivity index (χ1n) is 7.16. The zero-order chi connectivity index (χ0) is 15.1. The molecule has 1 aromatic heterocycles. The van der Waals surface area contributed by atoms with Crippen LogP contribution in [-0.2, 0) is 10.0 Å². The van der Waals surface area contributed by atoms with E-state index < -0.39 is 10.0 Å². The molecule has 0 aliphatic heterocycles. The molecule has 1 aliphatic rings. The summed E-state index contributed by atoms with van der Waals surface area (Å²) in [5.41, 5.74) is 0.475. The Morgan fingerprint density at radius 2 is 2.10 bits per heavy atom. The van der Waals surface area contributed by atoms with E-state index >= 15 is 0 Å². The topological polar surface area (TPSA) is 79.3 Å². The molecule has 1 aromatic rings. The molecule has 0 bridgehead atoms. The van der Waals surface area contributed by atoms with Gasteiger partial charge in [0.25, 0.3) is 0 Å². The minimum Gasteiger partial charge on any atom is -0.384 e. The van der Waals surface area contributed by atoms with E-state index in [0.717, 1.165) is 6.42 Å². The normalized spacial score (nSPS) is 15.7. The summed E-state index contributed by atoms with van der Waals surface area (Å²) in [6.07, 6.45) is 8.59. The number of aliphatic hydroxyl groups excluding tert-OH is 1. The van der Waals surface area contributed by atoms with Crippen LogP contribution in [0.15, 0.2) is 23.4 Å². The van der Waals surface area contributed by atoms with Crippen molar-refractivity contribution in [2.24, 2.45) is 5.92 Å². The maximum absolute atomic E-state index is 12.2. The average molecular weight is 308 g/mol. The maximum atomic E-state index is 12.2. The third kappa shape index (κ3) is 4.81. The lowest BCUT2D eigenvalue weighted by atomic mass is 10.1. The first kappa shape index (κ1) is 16.0. The van der Waals surface area contributed by atoms with E-state index in [2.05, 4.69) is 21.5 Å². The summed E-state index contributed by atoms with van der Waals surface area (Å²) in [5.74, 6) is 5.77. The molecule has 1 fully saturated rings. The van der Waals surface area contributed by atoms with Crippen LogP contribution >= 0.6 is 0 Å². The van der Waals surface area contributed by atoms with Crippen molar-refractivity contribution in [1.29, 1.82) is 0 Å². The van der Waals surface area contributed by atoms with Gasteiger partial charge in [0.15, 0.2) is 0 Å². The molecule has 0 aromatic carbocycles. The van der Waals surface area contributed by atoms with Gasteiger partial charge >= 0.3 is 0 Å². The lowest BCUT2D eigenvalue weighted by Gasteiger charge is -2.10. The Hall–Kier alpha value is -1.42. The Morgan fingerprint density at radius 1 is 1.33 bits per heavy atom. The monoisotopic (exact) mass is 308 g/mol. The van der Waals surface area contributed by atoms with Gasteiger partial charge < -0.3 is 5.11 Å². The average Bonchev–Trinajstić information content (AvgIpc) is 2.98. The molecule has 2 rings (SSSR count). The fraction of sp³-hybridized carbons (Fsp3) is 0.533. The van der Waals surface area contributed by atoms with E-state index in [0.29, 0.717) is 18.0 Å². The van der Waals surface area contributed by atoms with Crippen molar-refractivity contribution in [3.8, 4) is 11.8 Å². The molecule has 0 radical (unpaired) electrons. The number of aliphatic hydroxyl groups is 1. The van der Waals surface area contributed by atoms with E-state index in [1.807, 2.05) is 0 Å². The standard InChI is InChI=1S/C15H20N2O3S/c18-9-3-6-14-10-15(12-16-11-14)21(19,20)17-8-7-13-4-1-2-5-13/h10-13,17-18H,1-2,4-5,7-9H2. The molecular weight excluding hydrogens is 288 g/mol. The number of nitrogens with one attached hydrogen (secondary N) is 1. The maximum Gasteiger partial charge on any atom is 0.242 e. The zero-order valence-corrected chi connectivity index (χ0v) is 12.7. The van der Waals surface area contributed by atoms with Crippen molar-refractivity contribution in [3.63, 3.8) is 0 Å². The molecule has 0 unspecified atom stereocenters. The lowest BCUT2D eigenvalue weighted by molar-refractivity contribution is 0.350. The summed E-state index contributed by atoms with van der Waals surface area (Å²) < 4.78 is 27.0. The molecule has 0 spiro atoms. The highest BCUT2D eigenvalue weighted by Gasteiger charge is 2.18. The number of rotatable bonds is 5. The molecule has 5 nitrogen and oxygen atoms in total. The highest BCUT2D eigenvalue weighted by atomic mass is 32.2. The molecule has 0 saturated heterocycles. The molecular formula is C15H20N2O3S. The smallest absolute Gasteiger partial charge is 0.242 e. The predicted molar refractivity (Wildman–Crippen MR) is 80.0 cm³/mol. The van der Waals surface area contributed by atoms with Crippen LogP contribution in [0, 0.1) is 17.8 Å². The van der Waals surface area contributed by atoms with E-state index in [1.54, 1.807) is 0 Å². The number of sulfonamides is 1. The van der Waals surface area contributed by atoms with Crippen molar-refractivity contribution in [1.82, 2.24) is 9.71 Å². The molecule has 1 aliphatic carbocycles. The largest absolute Gasteiger partial charge is 0.384 e. The summed E-state index contributed by atoms with van der Waals surface area (Å²) in [6, 6.07) is 1.47. The zero-order valence-electron chi connectivity index (χ0n) is 11.9. The van der Waals surface area contributed by atoms with Gasteiger partial charge in [-0.15, -0.1) is 0 Å². The third-order valence-corrected chi connectivity index (χ3v) is 5.08. The molecule has 6 heteroatoms. The minimum atomic E-state index is -3.54. The second kappa shape index (κ2) is 7.55. The lowest BCUT2D eigenvalue weighted by Crippen LogP contribution is -2.26. The molecule has 114 valence electrons. The van der Waals surface area contributed by atoms with Crippen LogP contribution in [0.4, 0.5) is 0 Å². The van der Waals surface area contributed by atoms with Gasteiger partial charge in [-0.1, -0.05) is 37.5 Å². The summed E-state index contributed by atoms with van der Waals surface area (Å²) in [6.45, 7) is 0.191. The highest BCUT2D eigenvalue weighted by molar-refractivity contribution is 7.89. The molecule has 2 N–H and O–H groups in total. The fourth-order valence-electron chi connectivity index (χ4n) is 2.56. The fourth-order valence-corrected chi connectivity index (χ4v) is 3.59. The van der Waals surface area contributed by atoms with Crippen molar-refractivity contribution in [2.75, 3.05) is 13.2 Å². The molecule has 0 amide bonds. The second-order valence-corrected chi connectivity index (χ2v) is 6.97. The number of hydrogen-bond donors (Lipinski definition) is 2. The Balaban J connectivity index is 1.97. The van der Waals surface area contributed by atoms with Gasteiger partial charge in [-0.3, -0.25) is 4.98 Å². The SMILES string of the molecule is O=S(=O)(NCCC1CCCC1)c1cncc(C#CCO)c1. The van der Waals surface area contributed by atoms with E-state index in [9.17, 15) is 8.42 Å². The number of nitrogens with zero attached hydrogens (tertiary/aromatic N) is 1. The molecule has 1 saturated carbocycles. The number of aromatic nitrogens is 1. The number of hydrogen-bond acceptors (Lipinski definition) is 4. The molecule has 21 heavy (non-hydrogen) atoms. The van der Waals surface area contributed by atoms with Gasteiger partial charge in [-0.05, 0) is 18.4 Å². The summed E-state index contributed by atoms with van der Waals surface area (Å²) in [5, 5.41) is 8.65. The Labute approximate surface area is 125 Å². The predicted octanol–water partition coefficient (Wildman–Crippen LogP) is 1.28. The van der Waals surface area contributed by atoms with Crippen LogP contribution in [0.5, 0.6) is 0 Å². The summed E-state index contributed by atoms with van der Waals surface area (Å²) >= 11 is 0. The van der Waals surface area contributed by atoms with Crippen LogP contribution in [-0.4, -0.2) is 31.7 Å². The van der Waals surface area contributed by atoms with Crippen LogP contribution < -0.4 is 4.72 Å². The summed E-state index contributed by atoms with van der Waals surface area (Å²) in [7, 11) is -3.54. The Bertz CT molecular complexity index is 626. The summed E-state index contributed by atoms with van der Waals surface area (Å²) in [4.78, 5) is 4.00. The van der Waals surface area contributed by atoms with Gasteiger partial charge in [0.2, 0.25) is 10.0 Å². The van der Waals surface area contributed by atoms with Crippen molar-refractivity contribution >= 4 is 10.0 Å². The van der Waals surface area contributed by atoms with E-state index in [1.165, 1.54) is 44.1 Å². The van der Waals surface area contributed by atoms with Crippen LogP contribution in [0.2, 0.25) is 0 Å². The Morgan fingerprint density at radius 3 is 2.81 bits per heavy atom. The highest BCUT2D eigenvalue weighted by Crippen LogP contribution is 2.27. The van der Waals surface area contributed by atoms with Gasteiger partial charge in [0.1, 0.15) is 11.5 Å². The van der Waals surface area contributed by atoms with Gasteiger partial charge in [0.05, 0.1) is 0 Å². The van der Waals surface area contributed by atoms with Crippen LogP contribution in [0.1, 0.15) is 37.7 Å². The van der Waals surface area contributed by atoms with Crippen LogP contribution in [0.3, 0.4) is 0 Å². The van der Waals surface area contributed by atoms with Crippen molar-refractivity contribution in [3.05, 3.63) is 24.0 Å². The van der Waals surface area contributed by atoms with Gasteiger partial charge in [-0.2, -0.15) is 0 Å². The van der Waals surface area contributed by atoms with Crippen molar-refractivity contribution in [2.45, 2.75) is 37.0 Å². The van der Waals surface area contributed by atoms with E-state index in [-0.39, 0.29) is 11.5 Å². The number of pyridine rings is 1. The van der Waals surface area contributed by atoms with Gasteiger partial charge in [-0.25, -0.2) is 13.1 Å². The molecule has 1 heterocycles. The van der Waals surface area contributed by atoms with Crippen molar-refractivity contribution < 1.29 is 13.5 Å². The molecule has 0 atom stereocenters.